The fraction of sp³-hybridized carbons (Fsp3) is 0.750. The number of nitrogens with one attached hydrogen (secondary N) is 1. The van der Waals surface area contributed by atoms with Gasteiger partial charge in [-0.3, -0.25) is 0 Å². The fourth-order valence-corrected chi connectivity index (χ4v) is 2.79. The van der Waals surface area contributed by atoms with Crippen LogP contribution in [0.2, 0.25) is 0 Å². The van der Waals surface area contributed by atoms with Gasteiger partial charge in [0.1, 0.15) is 0 Å². The van der Waals surface area contributed by atoms with E-state index < -0.39 is 0 Å². The Hall–Kier alpha value is -0.410. The van der Waals surface area contributed by atoms with Gasteiger partial charge in [-0.25, -0.2) is 4.98 Å². The van der Waals surface area contributed by atoms with Gasteiger partial charge in [-0.15, -0.1) is 11.3 Å². The zero-order chi connectivity index (χ0) is 10.7. The highest BCUT2D eigenvalue weighted by molar-refractivity contribution is 7.09. The summed E-state index contributed by atoms with van der Waals surface area (Å²) in [7, 11) is 0. The number of aryl methyl sites for hydroxylation is 1. The molecule has 2 rings (SSSR count). The van der Waals surface area contributed by atoms with E-state index in [1.54, 1.807) is 11.3 Å². The van der Waals surface area contributed by atoms with Crippen LogP contribution in [0.3, 0.4) is 0 Å². The predicted octanol–water partition coefficient (Wildman–Crippen LogP) is 2.99. The van der Waals surface area contributed by atoms with Crippen molar-refractivity contribution < 1.29 is 0 Å². The molecule has 2 nitrogen and oxygen atoms in total. The van der Waals surface area contributed by atoms with Crippen LogP contribution in [0.1, 0.15) is 43.8 Å². The maximum absolute atomic E-state index is 4.55. The maximum atomic E-state index is 4.55. The molecule has 1 aromatic rings. The molecule has 1 heterocycles. The van der Waals surface area contributed by atoms with Crippen LogP contribution in [0.25, 0.3) is 0 Å². The van der Waals surface area contributed by atoms with E-state index >= 15 is 0 Å². The molecule has 0 saturated heterocycles. The molecule has 0 aromatic carbocycles. The summed E-state index contributed by atoms with van der Waals surface area (Å²) in [5.74, 6) is 0. The summed E-state index contributed by atoms with van der Waals surface area (Å²) in [5.41, 5.74) is 1.78. The predicted molar refractivity (Wildman–Crippen MR) is 65.2 cm³/mol. The van der Waals surface area contributed by atoms with E-state index in [9.17, 15) is 0 Å². The van der Waals surface area contributed by atoms with Crippen molar-refractivity contribution in [1.29, 1.82) is 0 Å². The number of nitrogens with zero attached hydrogens (tertiary/aromatic N) is 1. The first-order valence-corrected chi connectivity index (χ1v) is 6.74. The Balaban J connectivity index is 1.73. The second-order valence-electron chi connectivity index (χ2n) is 4.85. The van der Waals surface area contributed by atoms with Crippen molar-refractivity contribution in [3.8, 4) is 0 Å². The highest BCUT2D eigenvalue weighted by Gasteiger charge is 2.30. The van der Waals surface area contributed by atoms with Gasteiger partial charge in [0.2, 0.25) is 0 Å². The third kappa shape index (κ3) is 2.79. The molecular weight excluding hydrogens is 204 g/mol. The Morgan fingerprint density at radius 2 is 2.33 bits per heavy atom. The maximum Gasteiger partial charge on any atom is 0.0926 e. The molecule has 84 valence electrons. The van der Waals surface area contributed by atoms with Crippen LogP contribution in [0, 0.1) is 5.41 Å². The van der Waals surface area contributed by atoms with Crippen LogP contribution >= 0.6 is 11.3 Å². The second-order valence-corrected chi connectivity index (χ2v) is 5.80. The number of aromatic nitrogens is 1. The molecule has 1 aromatic heterocycles. The summed E-state index contributed by atoms with van der Waals surface area (Å²) >= 11 is 1.78. The van der Waals surface area contributed by atoms with Gasteiger partial charge in [-0.2, -0.15) is 0 Å². The van der Waals surface area contributed by atoms with Crippen LogP contribution < -0.4 is 5.32 Å². The van der Waals surface area contributed by atoms with Crippen LogP contribution in [0.15, 0.2) is 5.38 Å². The Kier molecular flexibility index (Phi) is 3.42. The zero-order valence-electron chi connectivity index (χ0n) is 9.68. The van der Waals surface area contributed by atoms with Gasteiger partial charge in [0.15, 0.2) is 0 Å². The Morgan fingerprint density at radius 1 is 1.53 bits per heavy atom. The minimum atomic E-state index is 0.573. The fourth-order valence-electron chi connectivity index (χ4n) is 2.04. The molecule has 1 saturated carbocycles. The lowest BCUT2D eigenvalue weighted by molar-refractivity contribution is 0.156. The summed E-state index contributed by atoms with van der Waals surface area (Å²) in [5, 5.41) is 6.95. The molecule has 0 unspecified atom stereocenters. The lowest BCUT2D eigenvalue weighted by Gasteiger charge is -2.38. The molecule has 1 N–H and O–H groups in total. The van der Waals surface area contributed by atoms with E-state index in [0.29, 0.717) is 5.41 Å². The third-order valence-corrected chi connectivity index (χ3v) is 4.36. The zero-order valence-corrected chi connectivity index (χ0v) is 10.5. The molecule has 3 heteroatoms. The molecule has 0 bridgehead atoms. The van der Waals surface area contributed by atoms with Gasteiger partial charge in [-0.1, -0.05) is 20.3 Å². The molecule has 0 atom stereocenters. The van der Waals surface area contributed by atoms with Crippen LogP contribution in [-0.4, -0.2) is 11.5 Å². The van der Waals surface area contributed by atoms with Crippen molar-refractivity contribution in [2.45, 2.75) is 46.1 Å². The van der Waals surface area contributed by atoms with Gasteiger partial charge >= 0.3 is 0 Å². The molecule has 0 aliphatic heterocycles. The Labute approximate surface area is 96.1 Å². The van der Waals surface area contributed by atoms with Crippen LogP contribution in [0.5, 0.6) is 0 Å². The van der Waals surface area contributed by atoms with E-state index in [1.165, 1.54) is 30.0 Å². The monoisotopic (exact) mass is 224 g/mol. The molecule has 1 aliphatic carbocycles. The van der Waals surface area contributed by atoms with Crippen molar-refractivity contribution in [2.75, 3.05) is 6.54 Å². The van der Waals surface area contributed by atoms with Crippen LogP contribution in [-0.2, 0) is 13.0 Å². The van der Waals surface area contributed by atoms with E-state index in [0.717, 1.165) is 19.5 Å². The topological polar surface area (TPSA) is 24.9 Å². The van der Waals surface area contributed by atoms with Gasteiger partial charge in [0.05, 0.1) is 10.7 Å². The lowest BCUT2D eigenvalue weighted by Crippen LogP contribution is -2.37. The number of thiazole rings is 1. The molecule has 1 aliphatic rings. The van der Waals surface area contributed by atoms with Crippen molar-refractivity contribution in [3.05, 3.63) is 16.1 Å². The number of hydrogen-bond donors (Lipinski definition) is 1. The smallest absolute Gasteiger partial charge is 0.0926 e. The van der Waals surface area contributed by atoms with E-state index in [1.807, 2.05) is 0 Å². The molecule has 0 amide bonds. The van der Waals surface area contributed by atoms with Gasteiger partial charge in [0, 0.05) is 18.5 Å². The summed E-state index contributed by atoms with van der Waals surface area (Å²) < 4.78 is 0. The quantitative estimate of drug-likeness (QED) is 0.831. The van der Waals surface area contributed by atoms with Gasteiger partial charge < -0.3 is 5.32 Å². The van der Waals surface area contributed by atoms with Crippen LogP contribution in [0.4, 0.5) is 0 Å². The first-order valence-electron chi connectivity index (χ1n) is 5.86. The summed E-state index contributed by atoms with van der Waals surface area (Å²) in [6.45, 7) is 6.62. The minimum absolute atomic E-state index is 0.573. The lowest BCUT2D eigenvalue weighted by atomic mass is 9.70. The summed E-state index contributed by atoms with van der Waals surface area (Å²) in [4.78, 5) is 4.55. The molecular formula is C12H20N2S. The first-order chi connectivity index (χ1) is 7.22. The van der Waals surface area contributed by atoms with E-state index in [4.69, 9.17) is 0 Å². The van der Waals surface area contributed by atoms with Crippen molar-refractivity contribution in [3.63, 3.8) is 0 Å². The van der Waals surface area contributed by atoms with Crippen molar-refractivity contribution >= 4 is 11.3 Å². The standard InChI is InChI=1S/C12H20N2S/c1-3-11-14-10(8-15-11)7-13-9-12(2)5-4-6-12/h8,13H,3-7,9H2,1-2H3. The highest BCUT2D eigenvalue weighted by atomic mass is 32.1. The van der Waals surface area contributed by atoms with Crippen molar-refractivity contribution in [2.24, 2.45) is 5.41 Å². The van der Waals surface area contributed by atoms with E-state index in [-0.39, 0.29) is 0 Å². The minimum Gasteiger partial charge on any atom is -0.311 e. The Bertz CT molecular complexity index is 315. The third-order valence-electron chi connectivity index (χ3n) is 3.32. The van der Waals surface area contributed by atoms with E-state index in [2.05, 4.69) is 29.5 Å². The average Bonchev–Trinajstić information content (AvgIpc) is 2.63. The first kappa shape index (κ1) is 11.1. The SMILES string of the molecule is CCc1nc(CNCC2(C)CCC2)cs1. The summed E-state index contributed by atoms with van der Waals surface area (Å²) in [6, 6.07) is 0. The normalized spacial score (nSPS) is 18.8. The molecule has 0 spiro atoms. The molecule has 1 fully saturated rings. The largest absolute Gasteiger partial charge is 0.311 e. The Morgan fingerprint density at radius 3 is 2.87 bits per heavy atom. The second kappa shape index (κ2) is 4.62. The summed E-state index contributed by atoms with van der Waals surface area (Å²) in [6.07, 6.45) is 5.24. The number of rotatable bonds is 5. The van der Waals surface area contributed by atoms with Gasteiger partial charge in [-0.05, 0) is 24.7 Å². The van der Waals surface area contributed by atoms with Crippen molar-refractivity contribution in [1.82, 2.24) is 10.3 Å². The number of hydrogen-bond acceptors (Lipinski definition) is 3. The molecule has 0 radical (unpaired) electrons. The average molecular weight is 224 g/mol. The highest BCUT2D eigenvalue weighted by Crippen LogP contribution is 2.39. The molecule has 15 heavy (non-hydrogen) atoms. The van der Waals surface area contributed by atoms with Gasteiger partial charge in [0.25, 0.3) is 0 Å².